The first-order chi connectivity index (χ1) is 27.4. The van der Waals surface area contributed by atoms with Gasteiger partial charge in [-0.3, -0.25) is 0 Å². The zero-order chi connectivity index (χ0) is 44.9. The predicted molar refractivity (Wildman–Crippen MR) is 256 cm³/mol. The maximum atomic E-state index is 7.65. The molecule has 0 spiro atoms. The van der Waals surface area contributed by atoms with Gasteiger partial charge in [-0.2, -0.15) is 0 Å². The molecule has 0 amide bonds. The van der Waals surface area contributed by atoms with Crippen LogP contribution in [0.4, 0.5) is 0 Å². The Morgan fingerprint density at radius 2 is 0.550 bits per heavy atom. The second-order valence-electron chi connectivity index (χ2n) is 27.0. The average molecular weight is 877 g/mol. The van der Waals surface area contributed by atoms with Gasteiger partial charge in [0.05, 0.1) is 24.4 Å². The Labute approximate surface area is 375 Å². The Morgan fingerprint density at radius 3 is 0.717 bits per heavy atom. The largest absolute Gasteiger partial charge is 0.318 e. The van der Waals surface area contributed by atoms with Crippen molar-refractivity contribution in [3.05, 3.63) is 0 Å². The van der Waals surface area contributed by atoms with Gasteiger partial charge < -0.3 is 18.1 Å². The summed E-state index contributed by atoms with van der Waals surface area (Å²) in [4.78, 5) is 0. The third-order valence-corrected chi connectivity index (χ3v) is 22.3. The number of likely N-dealkylation sites (N-methyl/N-ethyl adjacent to an activating group) is 2. The smallest absolute Gasteiger partial charge is 0.259 e. The van der Waals surface area contributed by atoms with Crippen molar-refractivity contribution in [2.75, 3.05) is 27.2 Å². The van der Waals surface area contributed by atoms with Crippen LogP contribution < -0.4 is 0 Å². The van der Waals surface area contributed by atoms with Gasteiger partial charge in [-0.1, -0.05) is 138 Å². The van der Waals surface area contributed by atoms with Gasteiger partial charge >= 0.3 is 0 Å². The Kier molecular flexibility index (Phi) is 15.0. The van der Waals surface area contributed by atoms with Gasteiger partial charge in [0.15, 0.2) is 0 Å². The first kappa shape index (κ1) is 50.0. The third kappa shape index (κ3) is 9.70. The minimum atomic E-state index is -1.27. The molecule has 0 aromatic rings. The van der Waals surface area contributed by atoms with Crippen LogP contribution in [0.1, 0.15) is 164 Å². The molecule has 60 heavy (non-hydrogen) atoms. The fourth-order valence-electron chi connectivity index (χ4n) is 14.3. The molecular formula is C52H98N2O4P2. The van der Waals surface area contributed by atoms with Crippen LogP contribution in [0.15, 0.2) is 0 Å². The molecule has 6 aliphatic rings. The minimum Gasteiger partial charge on any atom is -0.318 e. The zero-order valence-electron chi connectivity index (χ0n) is 43.2. The van der Waals surface area contributed by atoms with Gasteiger partial charge in [0.25, 0.3) is 17.1 Å². The van der Waals surface area contributed by atoms with Crippen molar-refractivity contribution in [1.82, 2.24) is 9.34 Å². The third-order valence-electron chi connectivity index (χ3n) is 19.1. The monoisotopic (exact) mass is 877 g/mol. The van der Waals surface area contributed by atoms with Crippen molar-refractivity contribution in [2.24, 2.45) is 116 Å². The molecule has 4 aliphatic carbocycles. The van der Waals surface area contributed by atoms with Gasteiger partial charge in [0, 0.05) is 13.1 Å². The molecule has 6 nitrogen and oxygen atoms in total. The van der Waals surface area contributed by atoms with E-state index in [-0.39, 0.29) is 46.1 Å². The molecular weight excluding hydrogens is 779 g/mol. The molecule has 0 aromatic heterocycles. The second kappa shape index (κ2) is 18.0. The summed E-state index contributed by atoms with van der Waals surface area (Å²) >= 11 is 0. The van der Waals surface area contributed by atoms with Crippen LogP contribution in [0, 0.1) is 116 Å². The van der Waals surface area contributed by atoms with Crippen LogP contribution >= 0.6 is 17.1 Å². The lowest BCUT2D eigenvalue weighted by Gasteiger charge is -2.56. The van der Waals surface area contributed by atoms with Crippen LogP contribution in [0.5, 0.6) is 0 Å². The molecule has 22 atom stereocenters. The summed E-state index contributed by atoms with van der Waals surface area (Å²) in [5.41, 5.74) is 0.647. The molecule has 0 radical (unpaired) electrons. The molecule has 0 aromatic carbocycles. The van der Waals surface area contributed by atoms with Gasteiger partial charge in [0.1, 0.15) is 0 Å². The van der Waals surface area contributed by atoms with Crippen LogP contribution in [0.25, 0.3) is 0 Å². The predicted octanol–water partition coefficient (Wildman–Crippen LogP) is 14.7. The van der Waals surface area contributed by atoms with Crippen molar-refractivity contribution in [3.63, 3.8) is 0 Å². The highest BCUT2D eigenvalue weighted by atomic mass is 31.2. The lowest BCUT2D eigenvalue weighted by molar-refractivity contribution is -0.123. The lowest BCUT2D eigenvalue weighted by atomic mass is 9.51. The van der Waals surface area contributed by atoms with E-state index < -0.39 is 17.1 Å². The summed E-state index contributed by atoms with van der Waals surface area (Å²) in [6, 6.07) is 0. The molecule has 2 saturated heterocycles. The summed E-state index contributed by atoms with van der Waals surface area (Å²) in [6.45, 7) is 51.7. The molecule has 16 unspecified atom stereocenters. The molecule has 6 rings (SSSR count). The maximum Gasteiger partial charge on any atom is 0.259 e. The van der Waals surface area contributed by atoms with E-state index in [4.69, 9.17) is 18.1 Å². The molecule has 6 fully saturated rings. The van der Waals surface area contributed by atoms with Gasteiger partial charge in [-0.25, -0.2) is 9.34 Å². The number of hydrogen-bond donors (Lipinski definition) is 0. The van der Waals surface area contributed by atoms with E-state index in [0.29, 0.717) is 94.7 Å². The maximum absolute atomic E-state index is 7.65. The normalized spacial score (nSPS) is 48.4. The average Bonchev–Trinajstić information content (AvgIpc) is 3.41. The van der Waals surface area contributed by atoms with Crippen molar-refractivity contribution < 1.29 is 18.1 Å². The Morgan fingerprint density at radius 1 is 0.367 bits per heavy atom. The van der Waals surface area contributed by atoms with Crippen LogP contribution in [-0.2, 0) is 18.1 Å². The first-order valence-corrected chi connectivity index (χ1v) is 27.4. The Hall–Kier alpha value is 0.620. The van der Waals surface area contributed by atoms with Crippen LogP contribution in [0.2, 0.25) is 0 Å². The number of hydrogen-bond acceptors (Lipinski definition) is 6. The van der Waals surface area contributed by atoms with Crippen molar-refractivity contribution in [3.8, 4) is 0 Å². The summed E-state index contributed by atoms with van der Waals surface area (Å²) in [7, 11) is 2.04. The second-order valence-corrected chi connectivity index (χ2v) is 30.2. The summed E-state index contributed by atoms with van der Waals surface area (Å²) in [6.07, 6.45) is 5.73. The van der Waals surface area contributed by atoms with Gasteiger partial charge in [-0.05, 0) is 156 Å². The highest BCUT2D eigenvalue weighted by molar-refractivity contribution is 7.45. The van der Waals surface area contributed by atoms with E-state index in [2.05, 4.69) is 162 Å². The highest BCUT2D eigenvalue weighted by Gasteiger charge is 2.61. The highest BCUT2D eigenvalue weighted by Crippen LogP contribution is 2.66. The lowest BCUT2D eigenvalue weighted by Crippen LogP contribution is -2.56. The Bertz CT molecular complexity index is 1230. The molecule has 2 heterocycles. The Balaban J connectivity index is 1.32. The van der Waals surface area contributed by atoms with Crippen molar-refractivity contribution >= 4 is 17.1 Å². The number of rotatable bonds is 5. The minimum absolute atomic E-state index is 0.162. The molecule has 8 heteroatoms. The molecule has 2 aliphatic heterocycles. The number of nitrogens with zero attached hydrogens (tertiary/aromatic N) is 2. The fourth-order valence-corrected chi connectivity index (χ4v) is 17.5. The van der Waals surface area contributed by atoms with E-state index >= 15 is 0 Å². The first-order valence-electron chi connectivity index (χ1n) is 25.1. The molecule has 350 valence electrons. The molecule has 4 saturated carbocycles. The standard InChI is InChI=1S/C52H98N2O4P2/c1-29-25-37(49(9,10)11)45-41(33(29)5)42-34(6)30(2)26-38(50(12,13)14)46(42)56-59(55-45)53(21)23-24-54(22)60-57-47-39(51(15,16)17)27-31(3)35(7)43(47)44-36(8)32(4)28-40(48(44)58-60)52(18,19)20/h29-48H,23-28H2,1-22H3/t29-,30?,31-,32?,33-,34?,35-,36?,37?,38-,39?,40-,41?,42?,43?,44?,45?,46?,47?,48?,59?,60?/m1/s1. The quantitative estimate of drug-likeness (QED) is 0.256. The van der Waals surface area contributed by atoms with Gasteiger partial charge in [-0.15, -0.1) is 0 Å². The molecule has 0 bridgehead atoms. The number of fused-ring (bicyclic) bond motifs is 6. The zero-order valence-corrected chi connectivity index (χ0v) is 45.0. The van der Waals surface area contributed by atoms with E-state index in [1.54, 1.807) is 0 Å². The summed E-state index contributed by atoms with van der Waals surface area (Å²) in [5.74, 6) is 9.12. The summed E-state index contributed by atoms with van der Waals surface area (Å²) in [5, 5.41) is 0. The van der Waals surface area contributed by atoms with E-state index in [9.17, 15) is 0 Å². The van der Waals surface area contributed by atoms with Crippen molar-refractivity contribution in [1.29, 1.82) is 0 Å². The van der Waals surface area contributed by atoms with Crippen LogP contribution in [-0.4, -0.2) is 60.9 Å². The van der Waals surface area contributed by atoms with E-state index in [0.717, 1.165) is 13.1 Å². The summed E-state index contributed by atoms with van der Waals surface area (Å²) < 4.78 is 35.6. The van der Waals surface area contributed by atoms with Gasteiger partial charge in [0.2, 0.25) is 0 Å². The van der Waals surface area contributed by atoms with Crippen molar-refractivity contribution in [2.45, 2.75) is 189 Å². The molecule has 0 N–H and O–H groups in total. The SMILES string of the molecule is CC1C[C@@H](C(C)(C)C)C2OP(N(C)CCN(C)P3OC4C(C5C(C)C(C)C[C@@H](C(C)(C)C)C5O3)[C@H](C)[C@H](C)CC4C(C)(C)C)OC3C(C2C1C)[C@H](C)[C@H](C)CC3C(C)(C)C. The van der Waals surface area contributed by atoms with E-state index in [1.165, 1.54) is 25.7 Å². The fraction of sp³-hybridized carbons (Fsp3) is 1.00. The van der Waals surface area contributed by atoms with E-state index in [1.807, 2.05) is 0 Å². The van der Waals surface area contributed by atoms with Crippen LogP contribution in [0.3, 0.4) is 0 Å². The topological polar surface area (TPSA) is 43.4 Å².